The van der Waals surface area contributed by atoms with Crippen molar-refractivity contribution in [2.45, 2.75) is 68.4 Å². The topological polar surface area (TPSA) is 50.9 Å². The molecular weight excluding hydrogens is 330 g/mol. The maximum Gasteiger partial charge on any atom is 0.145 e. The molecule has 122 valence electrons. The van der Waals surface area contributed by atoms with Gasteiger partial charge in [-0.3, -0.25) is 0 Å². The molecule has 1 N–H and O–H groups in total. The lowest BCUT2D eigenvalue weighted by Crippen LogP contribution is -2.47. The number of halogens is 1. The van der Waals surface area contributed by atoms with Crippen LogP contribution in [0.2, 0.25) is 4.34 Å². The minimum Gasteiger partial charge on any atom is -0.393 e. The largest absolute Gasteiger partial charge is 0.393 e. The standard InChI is InChI=1S/C17H20ClN3OS/c18-14-7-6-13(23-14)17(8-12(22)9-17)16-20-19-15(10-2-1-3-10)21(16)11-4-5-11/h6-7,10-12,22H,1-5,8-9H2. The van der Waals surface area contributed by atoms with Crippen LogP contribution in [0.5, 0.6) is 0 Å². The van der Waals surface area contributed by atoms with Crippen LogP contribution in [0.25, 0.3) is 0 Å². The minimum absolute atomic E-state index is 0.186. The van der Waals surface area contributed by atoms with Crippen molar-refractivity contribution < 1.29 is 5.11 Å². The van der Waals surface area contributed by atoms with Crippen LogP contribution < -0.4 is 0 Å². The van der Waals surface area contributed by atoms with Crippen molar-refractivity contribution in [1.82, 2.24) is 14.8 Å². The lowest BCUT2D eigenvalue weighted by atomic mass is 9.65. The third-order valence-corrected chi connectivity index (χ3v) is 7.18. The Kier molecular flexibility index (Phi) is 3.16. The van der Waals surface area contributed by atoms with E-state index in [1.54, 1.807) is 11.3 Å². The molecule has 23 heavy (non-hydrogen) atoms. The Hall–Kier alpha value is -0.910. The molecule has 3 aliphatic carbocycles. The third kappa shape index (κ3) is 2.13. The Morgan fingerprint density at radius 1 is 1.17 bits per heavy atom. The molecule has 0 spiro atoms. The number of aliphatic hydroxyl groups is 1. The van der Waals surface area contributed by atoms with Crippen molar-refractivity contribution in [1.29, 1.82) is 0 Å². The van der Waals surface area contributed by atoms with E-state index in [0.717, 1.165) is 23.0 Å². The van der Waals surface area contributed by atoms with Crippen LogP contribution in [0, 0.1) is 0 Å². The van der Waals surface area contributed by atoms with E-state index in [1.807, 2.05) is 6.07 Å². The van der Waals surface area contributed by atoms with Gasteiger partial charge in [0.1, 0.15) is 11.6 Å². The van der Waals surface area contributed by atoms with Crippen molar-refractivity contribution in [2.75, 3.05) is 0 Å². The fourth-order valence-corrected chi connectivity index (χ4v) is 5.33. The monoisotopic (exact) mass is 349 g/mol. The summed E-state index contributed by atoms with van der Waals surface area (Å²) in [6.45, 7) is 0. The first-order valence-electron chi connectivity index (χ1n) is 8.56. The summed E-state index contributed by atoms with van der Waals surface area (Å²) in [5.74, 6) is 2.86. The molecule has 0 aliphatic heterocycles. The summed E-state index contributed by atoms with van der Waals surface area (Å²) in [6.07, 6.45) is 7.48. The molecular formula is C17H20ClN3OS. The van der Waals surface area contributed by atoms with Crippen molar-refractivity contribution in [3.63, 3.8) is 0 Å². The number of hydrogen-bond acceptors (Lipinski definition) is 4. The first-order valence-corrected chi connectivity index (χ1v) is 9.76. The minimum atomic E-state index is -0.243. The SMILES string of the molecule is OC1CC(c2ccc(Cl)s2)(c2nnc(C3CCC3)n2C2CC2)C1. The molecule has 0 radical (unpaired) electrons. The average Bonchev–Trinajstić information content (AvgIpc) is 3.04. The zero-order valence-corrected chi connectivity index (χ0v) is 14.5. The van der Waals surface area contributed by atoms with E-state index < -0.39 is 0 Å². The third-order valence-electron chi connectivity index (χ3n) is 5.75. The molecule has 0 amide bonds. The van der Waals surface area contributed by atoms with Gasteiger partial charge in [-0.25, -0.2) is 0 Å². The van der Waals surface area contributed by atoms with Gasteiger partial charge < -0.3 is 9.67 Å². The summed E-state index contributed by atoms with van der Waals surface area (Å²) in [5.41, 5.74) is -0.186. The molecule has 0 unspecified atom stereocenters. The van der Waals surface area contributed by atoms with Crippen molar-refractivity contribution >= 4 is 22.9 Å². The Labute approximate surface area is 144 Å². The van der Waals surface area contributed by atoms with Gasteiger partial charge in [-0.2, -0.15) is 0 Å². The van der Waals surface area contributed by atoms with Gasteiger partial charge in [0.2, 0.25) is 0 Å². The number of aliphatic hydroxyl groups excluding tert-OH is 1. The van der Waals surface area contributed by atoms with Gasteiger partial charge in [-0.05, 0) is 50.7 Å². The maximum absolute atomic E-state index is 10.0. The number of hydrogen-bond donors (Lipinski definition) is 1. The molecule has 3 aliphatic rings. The van der Waals surface area contributed by atoms with Gasteiger partial charge in [0.25, 0.3) is 0 Å². The van der Waals surface area contributed by atoms with Crippen LogP contribution in [0.15, 0.2) is 12.1 Å². The van der Waals surface area contributed by atoms with E-state index in [-0.39, 0.29) is 11.5 Å². The summed E-state index contributed by atoms with van der Waals surface area (Å²) in [6, 6.07) is 4.63. The van der Waals surface area contributed by atoms with Crippen LogP contribution in [-0.4, -0.2) is 26.0 Å². The number of aromatic nitrogens is 3. The molecule has 5 rings (SSSR count). The number of rotatable bonds is 4. The lowest BCUT2D eigenvalue weighted by Gasteiger charge is -2.44. The molecule has 6 heteroatoms. The molecule has 3 saturated carbocycles. The predicted octanol–water partition coefficient (Wildman–Crippen LogP) is 4.04. The summed E-state index contributed by atoms with van der Waals surface area (Å²) >= 11 is 7.81. The van der Waals surface area contributed by atoms with Crippen LogP contribution in [0.4, 0.5) is 0 Å². The van der Waals surface area contributed by atoms with Crippen LogP contribution in [-0.2, 0) is 5.41 Å². The van der Waals surface area contributed by atoms with E-state index in [9.17, 15) is 5.11 Å². The van der Waals surface area contributed by atoms with Crippen LogP contribution in [0.3, 0.4) is 0 Å². The first-order chi connectivity index (χ1) is 11.2. The van der Waals surface area contributed by atoms with Crippen LogP contribution in [0.1, 0.15) is 73.4 Å². The predicted molar refractivity (Wildman–Crippen MR) is 90.2 cm³/mol. The van der Waals surface area contributed by atoms with E-state index >= 15 is 0 Å². The second-order valence-electron chi connectivity index (χ2n) is 7.36. The van der Waals surface area contributed by atoms with E-state index in [2.05, 4.69) is 20.8 Å². The zero-order valence-electron chi connectivity index (χ0n) is 12.9. The van der Waals surface area contributed by atoms with Crippen molar-refractivity contribution in [3.05, 3.63) is 33.0 Å². The second kappa shape index (κ2) is 5.04. The number of nitrogens with zero attached hydrogens (tertiary/aromatic N) is 3. The summed E-state index contributed by atoms with van der Waals surface area (Å²) in [7, 11) is 0. The van der Waals surface area contributed by atoms with Gasteiger partial charge >= 0.3 is 0 Å². The highest BCUT2D eigenvalue weighted by atomic mass is 35.5. The van der Waals surface area contributed by atoms with E-state index in [4.69, 9.17) is 11.6 Å². The smallest absolute Gasteiger partial charge is 0.145 e. The fourth-order valence-electron chi connectivity index (χ4n) is 4.08. The molecule has 2 aromatic rings. The van der Waals surface area contributed by atoms with Gasteiger partial charge in [-0.15, -0.1) is 21.5 Å². The second-order valence-corrected chi connectivity index (χ2v) is 9.07. The lowest BCUT2D eigenvalue weighted by molar-refractivity contribution is 0.0333. The Balaban J connectivity index is 1.62. The molecule has 2 heterocycles. The molecule has 4 nitrogen and oxygen atoms in total. The number of thiophene rings is 1. The molecule has 0 aromatic carbocycles. The summed E-state index contributed by atoms with van der Waals surface area (Å²) in [4.78, 5) is 1.22. The maximum atomic E-state index is 10.0. The first kappa shape index (κ1) is 14.4. The summed E-state index contributed by atoms with van der Waals surface area (Å²) in [5, 5.41) is 19.3. The molecule has 0 atom stereocenters. The van der Waals surface area contributed by atoms with Gasteiger partial charge in [-0.1, -0.05) is 18.0 Å². The molecule has 0 saturated heterocycles. The summed E-state index contributed by atoms with van der Waals surface area (Å²) < 4.78 is 3.24. The van der Waals surface area contributed by atoms with Crippen molar-refractivity contribution in [2.24, 2.45) is 0 Å². The quantitative estimate of drug-likeness (QED) is 0.906. The fraction of sp³-hybridized carbons (Fsp3) is 0.647. The average molecular weight is 350 g/mol. The van der Waals surface area contributed by atoms with Crippen molar-refractivity contribution in [3.8, 4) is 0 Å². The van der Waals surface area contributed by atoms with Gasteiger partial charge in [0.05, 0.1) is 15.9 Å². The van der Waals surface area contributed by atoms with E-state index in [0.29, 0.717) is 12.0 Å². The molecule has 0 bridgehead atoms. The van der Waals surface area contributed by atoms with Crippen LogP contribution >= 0.6 is 22.9 Å². The Morgan fingerprint density at radius 3 is 2.48 bits per heavy atom. The van der Waals surface area contributed by atoms with Gasteiger partial charge in [0.15, 0.2) is 0 Å². The zero-order chi connectivity index (χ0) is 15.6. The Morgan fingerprint density at radius 2 is 1.96 bits per heavy atom. The highest BCUT2D eigenvalue weighted by molar-refractivity contribution is 7.16. The normalized spacial score (nSPS) is 31.0. The highest BCUT2D eigenvalue weighted by Gasteiger charge is 2.52. The molecule has 2 aromatic heterocycles. The molecule has 3 fully saturated rings. The van der Waals surface area contributed by atoms with Gasteiger partial charge in [0, 0.05) is 16.8 Å². The van der Waals surface area contributed by atoms with E-state index in [1.165, 1.54) is 42.8 Å². The highest BCUT2D eigenvalue weighted by Crippen LogP contribution is 2.54. The Bertz CT molecular complexity index is 741.